The van der Waals surface area contributed by atoms with Gasteiger partial charge in [-0.1, -0.05) is 17.7 Å². The number of aromatic nitrogens is 1. The number of thiazole rings is 1. The number of carbonyl (C=O) groups is 1. The van der Waals surface area contributed by atoms with E-state index in [2.05, 4.69) is 15.6 Å². The van der Waals surface area contributed by atoms with E-state index in [9.17, 15) is 4.79 Å². The van der Waals surface area contributed by atoms with E-state index in [4.69, 9.17) is 5.26 Å². The summed E-state index contributed by atoms with van der Waals surface area (Å²) in [7, 11) is 0. The molecule has 0 saturated carbocycles. The first-order valence-electron chi connectivity index (χ1n) is 6.67. The molecule has 1 heterocycles. The molecule has 1 amide bonds. The number of aryl methyl sites for hydroxylation is 3. The van der Waals surface area contributed by atoms with Crippen LogP contribution in [0.2, 0.25) is 0 Å². The van der Waals surface area contributed by atoms with Crippen LogP contribution >= 0.6 is 11.3 Å². The van der Waals surface area contributed by atoms with Gasteiger partial charge in [0.15, 0.2) is 5.13 Å². The molecule has 0 fully saturated rings. The Balaban J connectivity index is 2.10. The van der Waals surface area contributed by atoms with Crippen LogP contribution in [-0.4, -0.2) is 10.9 Å². The molecule has 2 aromatic rings. The molecule has 6 heteroatoms. The van der Waals surface area contributed by atoms with Crippen LogP contribution < -0.4 is 10.6 Å². The Bertz CT molecular complexity index is 771. The molecule has 0 aliphatic heterocycles. The van der Waals surface area contributed by atoms with E-state index < -0.39 is 5.91 Å². The summed E-state index contributed by atoms with van der Waals surface area (Å²) in [6, 6.07) is 7.61. The Morgan fingerprint density at radius 1 is 1.36 bits per heavy atom. The number of hydrogen-bond acceptors (Lipinski definition) is 5. The minimum atomic E-state index is -0.449. The first-order valence-corrected chi connectivity index (χ1v) is 7.55. The summed E-state index contributed by atoms with van der Waals surface area (Å²) in [4.78, 5) is 16.4. The highest BCUT2D eigenvalue weighted by molar-refractivity contribution is 7.13. The van der Waals surface area contributed by atoms with Crippen molar-refractivity contribution in [3.05, 3.63) is 52.2 Å². The van der Waals surface area contributed by atoms with E-state index >= 15 is 0 Å². The number of benzene rings is 1. The fraction of sp³-hybridized carbons (Fsp3) is 0.188. The maximum absolute atomic E-state index is 12.1. The summed E-state index contributed by atoms with van der Waals surface area (Å²) in [5.74, 6) is -0.449. The maximum Gasteiger partial charge on any atom is 0.267 e. The lowest BCUT2D eigenvalue weighted by Gasteiger charge is -2.08. The molecule has 1 aromatic heterocycles. The zero-order valence-corrected chi connectivity index (χ0v) is 13.4. The SMILES string of the molecule is Cc1ccc(NC(=O)/C(C#N)=C\Nc2nc(C)cs2)c(C)c1. The van der Waals surface area contributed by atoms with E-state index in [1.165, 1.54) is 17.5 Å². The van der Waals surface area contributed by atoms with Crippen LogP contribution in [0.25, 0.3) is 0 Å². The number of nitrogens with zero attached hydrogens (tertiary/aromatic N) is 2. The third-order valence-electron chi connectivity index (χ3n) is 2.95. The monoisotopic (exact) mass is 312 g/mol. The highest BCUT2D eigenvalue weighted by atomic mass is 32.1. The maximum atomic E-state index is 12.1. The normalized spacial score (nSPS) is 10.9. The fourth-order valence-electron chi connectivity index (χ4n) is 1.85. The number of rotatable bonds is 4. The first-order chi connectivity index (χ1) is 10.5. The van der Waals surface area contributed by atoms with Gasteiger partial charge in [0.2, 0.25) is 0 Å². The predicted octanol–water partition coefficient (Wildman–Crippen LogP) is 3.53. The number of nitriles is 1. The third kappa shape index (κ3) is 3.93. The van der Waals surface area contributed by atoms with Crippen molar-refractivity contribution in [3.63, 3.8) is 0 Å². The standard InChI is InChI=1S/C16H16N4OS/c1-10-4-5-14(11(2)6-10)20-15(21)13(7-17)8-18-16-19-12(3)9-22-16/h4-6,8-9H,1-3H3,(H,18,19)(H,20,21)/b13-8-. The van der Waals surface area contributed by atoms with Crippen LogP contribution in [0.3, 0.4) is 0 Å². The number of carbonyl (C=O) groups excluding carboxylic acids is 1. The molecule has 0 bridgehead atoms. The molecule has 0 aliphatic carbocycles. The number of hydrogen-bond donors (Lipinski definition) is 2. The Morgan fingerprint density at radius 3 is 2.73 bits per heavy atom. The highest BCUT2D eigenvalue weighted by Crippen LogP contribution is 2.17. The molecule has 0 spiro atoms. The summed E-state index contributed by atoms with van der Waals surface area (Å²) in [5.41, 5.74) is 3.65. The molecule has 0 atom stereocenters. The average Bonchev–Trinajstić information content (AvgIpc) is 2.88. The second-order valence-electron chi connectivity index (χ2n) is 4.88. The molecule has 5 nitrogen and oxygen atoms in total. The van der Waals surface area contributed by atoms with Gasteiger partial charge in [-0.2, -0.15) is 5.26 Å². The Hall–Kier alpha value is -2.65. The molecule has 2 N–H and O–H groups in total. The van der Waals surface area contributed by atoms with Crippen molar-refractivity contribution in [1.29, 1.82) is 5.26 Å². The average molecular weight is 312 g/mol. The van der Waals surface area contributed by atoms with E-state index in [1.807, 2.05) is 50.4 Å². The zero-order chi connectivity index (χ0) is 16.1. The van der Waals surface area contributed by atoms with Crippen LogP contribution in [0.15, 0.2) is 35.4 Å². The van der Waals surface area contributed by atoms with Crippen LogP contribution in [-0.2, 0) is 4.79 Å². The molecule has 0 unspecified atom stereocenters. The molecular formula is C16H16N4OS. The van der Waals surface area contributed by atoms with Crippen molar-refractivity contribution in [1.82, 2.24) is 4.98 Å². The molecular weight excluding hydrogens is 296 g/mol. The predicted molar refractivity (Wildman–Crippen MR) is 88.7 cm³/mol. The topological polar surface area (TPSA) is 77.8 Å². The number of anilines is 2. The van der Waals surface area contributed by atoms with Gasteiger partial charge < -0.3 is 10.6 Å². The smallest absolute Gasteiger partial charge is 0.267 e. The first kappa shape index (κ1) is 15.7. The summed E-state index contributed by atoms with van der Waals surface area (Å²) in [6.07, 6.45) is 1.37. The third-order valence-corrected chi connectivity index (χ3v) is 3.85. The summed E-state index contributed by atoms with van der Waals surface area (Å²) in [6.45, 7) is 5.78. The van der Waals surface area contributed by atoms with Crippen molar-refractivity contribution in [2.24, 2.45) is 0 Å². The van der Waals surface area contributed by atoms with Crippen LogP contribution in [0.4, 0.5) is 10.8 Å². The second-order valence-corrected chi connectivity index (χ2v) is 5.74. The van der Waals surface area contributed by atoms with Crippen LogP contribution in [0.5, 0.6) is 0 Å². The van der Waals surface area contributed by atoms with Crippen molar-refractivity contribution in [2.75, 3.05) is 10.6 Å². The quantitative estimate of drug-likeness (QED) is 0.669. The summed E-state index contributed by atoms with van der Waals surface area (Å²) >= 11 is 1.41. The largest absolute Gasteiger partial charge is 0.337 e. The Labute approximate surface area is 133 Å². The Morgan fingerprint density at radius 2 is 2.14 bits per heavy atom. The van der Waals surface area contributed by atoms with Crippen LogP contribution in [0.1, 0.15) is 16.8 Å². The fourth-order valence-corrected chi connectivity index (χ4v) is 2.50. The lowest BCUT2D eigenvalue weighted by molar-refractivity contribution is -0.112. The van der Waals surface area contributed by atoms with E-state index in [0.717, 1.165) is 16.8 Å². The molecule has 2 rings (SSSR count). The van der Waals surface area contributed by atoms with Crippen molar-refractivity contribution in [3.8, 4) is 6.07 Å². The van der Waals surface area contributed by atoms with Gasteiger partial charge in [0.1, 0.15) is 11.6 Å². The molecule has 0 saturated heterocycles. The van der Waals surface area contributed by atoms with Crippen molar-refractivity contribution < 1.29 is 4.79 Å². The molecule has 0 radical (unpaired) electrons. The molecule has 1 aromatic carbocycles. The number of amides is 1. The zero-order valence-electron chi connectivity index (χ0n) is 12.6. The number of nitrogens with one attached hydrogen (secondary N) is 2. The molecule has 0 aliphatic rings. The lowest BCUT2D eigenvalue weighted by Crippen LogP contribution is -2.15. The van der Waals surface area contributed by atoms with Gasteiger partial charge in [-0.15, -0.1) is 11.3 Å². The minimum absolute atomic E-state index is 0.00664. The van der Waals surface area contributed by atoms with Crippen molar-refractivity contribution >= 4 is 28.1 Å². The summed E-state index contributed by atoms with van der Waals surface area (Å²) < 4.78 is 0. The second kappa shape index (κ2) is 6.87. The van der Waals surface area contributed by atoms with Gasteiger partial charge >= 0.3 is 0 Å². The lowest BCUT2D eigenvalue weighted by atomic mass is 10.1. The van der Waals surface area contributed by atoms with Gasteiger partial charge in [-0.3, -0.25) is 4.79 Å². The van der Waals surface area contributed by atoms with E-state index in [-0.39, 0.29) is 5.57 Å². The summed E-state index contributed by atoms with van der Waals surface area (Å²) in [5, 5.41) is 17.3. The van der Waals surface area contributed by atoms with Crippen LogP contribution in [0, 0.1) is 32.1 Å². The highest BCUT2D eigenvalue weighted by Gasteiger charge is 2.11. The minimum Gasteiger partial charge on any atom is -0.337 e. The van der Waals surface area contributed by atoms with E-state index in [1.54, 1.807) is 0 Å². The van der Waals surface area contributed by atoms with Gasteiger partial charge in [0, 0.05) is 17.3 Å². The van der Waals surface area contributed by atoms with Gasteiger partial charge in [-0.05, 0) is 32.4 Å². The Kier molecular flexibility index (Phi) is 4.92. The van der Waals surface area contributed by atoms with Gasteiger partial charge in [0.05, 0.1) is 5.69 Å². The van der Waals surface area contributed by atoms with Gasteiger partial charge in [0.25, 0.3) is 5.91 Å². The van der Waals surface area contributed by atoms with E-state index in [0.29, 0.717) is 10.8 Å². The van der Waals surface area contributed by atoms with Crippen molar-refractivity contribution in [2.45, 2.75) is 20.8 Å². The molecule has 22 heavy (non-hydrogen) atoms. The van der Waals surface area contributed by atoms with Gasteiger partial charge in [-0.25, -0.2) is 4.98 Å². The molecule has 112 valence electrons.